The van der Waals surface area contributed by atoms with Crippen LogP contribution in [0.3, 0.4) is 0 Å². The summed E-state index contributed by atoms with van der Waals surface area (Å²) in [4.78, 5) is 0. The summed E-state index contributed by atoms with van der Waals surface area (Å²) in [6, 6.07) is 5.11. The number of benzene rings is 1. The molecule has 0 aromatic heterocycles. The Morgan fingerprint density at radius 2 is 1.71 bits per heavy atom. The molecule has 14 heavy (non-hydrogen) atoms. The lowest BCUT2D eigenvalue weighted by Crippen LogP contribution is -2.15. The molecule has 0 amide bonds. The van der Waals surface area contributed by atoms with E-state index in [4.69, 9.17) is 0 Å². The average molecular weight is 194 g/mol. The Hall–Kier alpha value is -0.850. The van der Waals surface area contributed by atoms with Crippen molar-refractivity contribution in [2.75, 3.05) is 0 Å². The van der Waals surface area contributed by atoms with Crippen LogP contribution in [0.25, 0.3) is 0 Å². The van der Waals surface area contributed by atoms with Crippen LogP contribution in [-0.2, 0) is 5.41 Å². The van der Waals surface area contributed by atoms with Crippen LogP contribution < -0.4 is 0 Å². The molecule has 0 radical (unpaired) electrons. The second-order valence-corrected chi connectivity index (χ2v) is 5.14. The third-order valence-electron chi connectivity index (χ3n) is 2.45. The Kier molecular flexibility index (Phi) is 2.98. The molecule has 0 saturated carbocycles. The normalized spacial score (nSPS) is 12.2. The van der Waals surface area contributed by atoms with E-state index in [9.17, 15) is 4.39 Å². The number of halogens is 1. The van der Waals surface area contributed by atoms with E-state index in [2.05, 4.69) is 34.6 Å². The van der Waals surface area contributed by atoms with E-state index in [1.54, 1.807) is 12.1 Å². The molecule has 1 aromatic carbocycles. The van der Waals surface area contributed by atoms with Gasteiger partial charge in [-0.3, -0.25) is 0 Å². The fourth-order valence-electron chi connectivity index (χ4n) is 1.68. The van der Waals surface area contributed by atoms with Gasteiger partial charge in [0, 0.05) is 0 Å². The predicted molar refractivity (Wildman–Crippen MR) is 59.2 cm³/mol. The highest BCUT2D eigenvalue weighted by Gasteiger charge is 2.19. The maximum absolute atomic E-state index is 13.1. The van der Waals surface area contributed by atoms with Crippen LogP contribution in [0.15, 0.2) is 18.2 Å². The second-order valence-electron chi connectivity index (χ2n) is 5.14. The van der Waals surface area contributed by atoms with E-state index in [0.29, 0.717) is 5.92 Å². The van der Waals surface area contributed by atoms with Gasteiger partial charge in [0.25, 0.3) is 0 Å². The number of hydrogen-bond acceptors (Lipinski definition) is 0. The molecule has 1 aromatic rings. The van der Waals surface area contributed by atoms with Crippen molar-refractivity contribution < 1.29 is 4.39 Å². The third kappa shape index (κ3) is 2.34. The average Bonchev–Trinajstić information content (AvgIpc) is 2.01. The van der Waals surface area contributed by atoms with Crippen molar-refractivity contribution in [2.24, 2.45) is 0 Å². The summed E-state index contributed by atoms with van der Waals surface area (Å²) in [7, 11) is 0. The van der Waals surface area contributed by atoms with E-state index in [1.807, 2.05) is 6.07 Å². The molecule has 0 saturated heterocycles. The lowest BCUT2D eigenvalue weighted by atomic mass is 9.81. The molecule has 0 bridgehead atoms. The topological polar surface area (TPSA) is 0 Å². The molecule has 0 aliphatic heterocycles. The Morgan fingerprint density at radius 1 is 1.14 bits per heavy atom. The summed E-state index contributed by atoms with van der Waals surface area (Å²) >= 11 is 0. The van der Waals surface area contributed by atoms with Gasteiger partial charge < -0.3 is 0 Å². The summed E-state index contributed by atoms with van der Waals surface area (Å²) in [5.41, 5.74) is 2.38. The maximum Gasteiger partial charge on any atom is 0.123 e. The first-order valence-corrected chi connectivity index (χ1v) is 5.12. The van der Waals surface area contributed by atoms with Crippen molar-refractivity contribution in [3.05, 3.63) is 35.1 Å². The van der Waals surface area contributed by atoms with Gasteiger partial charge >= 0.3 is 0 Å². The molecule has 78 valence electrons. The van der Waals surface area contributed by atoms with Gasteiger partial charge in [-0.15, -0.1) is 0 Å². The van der Waals surface area contributed by atoms with Crippen LogP contribution in [0.5, 0.6) is 0 Å². The Labute approximate surface area is 86.2 Å². The summed E-state index contributed by atoms with van der Waals surface area (Å²) in [6.07, 6.45) is 0. The first-order chi connectivity index (χ1) is 6.32. The molecular formula is C13H19F. The minimum Gasteiger partial charge on any atom is -0.207 e. The Balaban J connectivity index is 3.30. The Morgan fingerprint density at radius 3 is 2.14 bits per heavy atom. The van der Waals surface area contributed by atoms with E-state index in [1.165, 1.54) is 5.56 Å². The van der Waals surface area contributed by atoms with Gasteiger partial charge in [0.05, 0.1) is 0 Å². The van der Waals surface area contributed by atoms with Crippen LogP contribution in [0.2, 0.25) is 0 Å². The van der Waals surface area contributed by atoms with Gasteiger partial charge in [-0.25, -0.2) is 4.39 Å². The first kappa shape index (κ1) is 11.2. The SMILES string of the molecule is CC(C)c1ccc(F)cc1C(C)(C)C. The molecule has 0 atom stereocenters. The van der Waals surface area contributed by atoms with Gasteiger partial charge in [-0.2, -0.15) is 0 Å². The molecule has 1 rings (SSSR count). The van der Waals surface area contributed by atoms with E-state index < -0.39 is 0 Å². The predicted octanol–water partition coefficient (Wildman–Crippen LogP) is 4.25. The van der Waals surface area contributed by atoms with Crippen molar-refractivity contribution in [2.45, 2.75) is 46.0 Å². The molecule has 0 aliphatic carbocycles. The standard InChI is InChI=1S/C13H19F/c1-9(2)11-7-6-10(14)8-12(11)13(3,4)5/h6-9H,1-5H3. The first-order valence-electron chi connectivity index (χ1n) is 5.12. The molecule has 0 nitrogen and oxygen atoms in total. The van der Waals surface area contributed by atoms with E-state index in [-0.39, 0.29) is 11.2 Å². The van der Waals surface area contributed by atoms with Crippen LogP contribution in [-0.4, -0.2) is 0 Å². The van der Waals surface area contributed by atoms with Gasteiger partial charge in [0.1, 0.15) is 5.82 Å². The summed E-state index contributed by atoms with van der Waals surface area (Å²) in [5.74, 6) is 0.309. The zero-order chi connectivity index (χ0) is 10.9. The van der Waals surface area contributed by atoms with Crippen LogP contribution in [0.1, 0.15) is 51.7 Å². The molecular weight excluding hydrogens is 175 g/mol. The van der Waals surface area contributed by atoms with E-state index >= 15 is 0 Å². The minimum absolute atomic E-state index is 0.0156. The van der Waals surface area contributed by atoms with E-state index in [0.717, 1.165) is 5.56 Å². The third-order valence-corrected chi connectivity index (χ3v) is 2.45. The summed E-state index contributed by atoms with van der Waals surface area (Å²) in [6.45, 7) is 10.6. The molecule has 0 aliphatic rings. The monoisotopic (exact) mass is 194 g/mol. The minimum atomic E-state index is -0.140. The molecule has 0 heterocycles. The molecule has 1 heteroatoms. The lowest BCUT2D eigenvalue weighted by Gasteiger charge is -2.24. The van der Waals surface area contributed by atoms with Gasteiger partial charge in [-0.05, 0) is 34.6 Å². The zero-order valence-electron chi connectivity index (χ0n) is 9.69. The highest BCUT2D eigenvalue weighted by molar-refractivity contribution is 5.35. The smallest absolute Gasteiger partial charge is 0.123 e. The van der Waals surface area contributed by atoms with Gasteiger partial charge in [0.2, 0.25) is 0 Å². The van der Waals surface area contributed by atoms with Gasteiger partial charge in [-0.1, -0.05) is 40.7 Å². The second kappa shape index (κ2) is 3.72. The van der Waals surface area contributed by atoms with Crippen LogP contribution in [0.4, 0.5) is 4.39 Å². The van der Waals surface area contributed by atoms with Crippen LogP contribution >= 0.6 is 0 Å². The summed E-state index contributed by atoms with van der Waals surface area (Å²) in [5, 5.41) is 0. The lowest BCUT2D eigenvalue weighted by molar-refractivity contribution is 0.560. The van der Waals surface area contributed by atoms with Crippen molar-refractivity contribution in [3.8, 4) is 0 Å². The fourth-order valence-corrected chi connectivity index (χ4v) is 1.68. The Bertz CT molecular complexity index is 318. The van der Waals surface area contributed by atoms with Crippen molar-refractivity contribution in [1.82, 2.24) is 0 Å². The number of hydrogen-bond donors (Lipinski definition) is 0. The maximum atomic E-state index is 13.1. The van der Waals surface area contributed by atoms with Crippen molar-refractivity contribution in [1.29, 1.82) is 0 Å². The highest BCUT2D eigenvalue weighted by atomic mass is 19.1. The largest absolute Gasteiger partial charge is 0.207 e. The quantitative estimate of drug-likeness (QED) is 0.627. The summed E-state index contributed by atoms with van der Waals surface area (Å²) < 4.78 is 13.1. The van der Waals surface area contributed by atoms with Crippen molar-refractivity contribution >= 4 is 0 Å². The zero-order valence-corrected chi connectivity index (χ0v) is 9.69. The van der Waals surface area contributed by atoms with Crippen LogP contribution in [0, 0.1) is 5.82 Å². The molecule has 0 fully saturated rings. The van der Waals surface area contributed by atoms with Gasteiger partial charge in [0.15, 0.2) is 0 Å². The fraction of sp³-hybridized carbons (Fsp3) is 0.538. The molecule has 0 spiro atoms. The molecule has 0 unspecified atom stereocenters. The molecule has 0 N–H and O–H groups in total. The highest BCUT2D eigenvalue weighted by Crippen LogP contribution is 2.30. The number of rotatable bonds is 1. The van der Waals surface area contributed by atoms with Crippen molar-refractivity contribution in [3.63, 3.8) is 0 Å².